The molecule has 0 saturated carbocycles. The summed E-state index contributed by atoms with van der Waals surface area (Å²) in [5.41, 5.74) is 14.5. The molecule has 0 saturated heterocycles. The maximum atomic E-state index is 12.2. The number of nitrogens with two attached hydrogens (primary N) is 2. The maximum Gasteiger partial charge on any atom is 0.257 e. The summed E-state index contributed by atoms with van der Waals surface area (Å²) in [6.45, 7) is 0. The Morgan fingerprint density at radius 1 is 0.692 bits per heavy atom. The molecule has 3 aromatic carbocycles. The van der Waals surface area contributed by atoms with Gasteiger partial charge in [0.15, 0.2) is 0 Å². The number of amides is 2. The highest BCUT2D eigenvalue weighted by Gasteiger charge is 2.10. The summed E-state index contributed by atoms with van der Waals surface area (Å²) < 4.78 is 0. The molecule has 2 amide bonds. The summed E-state index contributed by atoms with van der Waals surface area (Å²) in [5.74, 6) is -0.550. The largest absolute Gasteiger partial charge is 0.399 e. The predicted octanol–water partition coefficient (Wildman–Crippen LogP) is 3.36. The van der Waals surface area contributed by atoms with Gasteiger partial charge in [0.05, 0.1) is 5.56 Å². The normalized spacial score (nSPS) is 10.2. The third-order valence-electron chi connectivity index (χ3n) is 3.75. The molecule has 3 rings (SSSR count). The van der Waals surface area contributed by atoms with Crippen molar-refractivity contribution >= 4 is 34.6 Å². The van der Waals surface area contributed by atoms with Crippen LogP contribution in [-0.2, 0) is 0 Å². The van der Waals surface area contributed by atoms with Gasteiger partial charge in [-0.25, -0.2) is 0 Å². The lowest BCUT2D eigenvalue weighted by molar-refractivity contribution is 0.101. The zero-order valence-corrected chi connectivity index (χ0v) is 13.9. The lowest BCUT2D eigenvalue weighted by Gasteiger charge is -2.09. The Morgan fingerprint density at radius 3 is 1.92 bits per heavy atom. The minimum absolute atomic E-state index is 0.258. The molecule has 0 atom stereocenters. The van der Waals surface area contributed by atoms with Gasteiger partial charge in [-0.3, -0.25) is 9.59 Å². The van der Waals surface area contributed by atoms with E-state index in [4.69, 9.17) is 11.5 Å². The van der Waals surface area contributed by atoms with Crippen LogP contribution in [-0.4, -0.2) is 11.8 Å². The summed E-state index contributed by atoms with van der Waals surface area (Å²) >= 11 is 0. The van der Waals surface area contributed by atoms with Crippen LogP contribution in [0.4, 0.5) is 22.7 Å². The Labute approximate surface area is 150 Å². The van der Waals surface area contributed by atoms with Crippen molar-refractivity contribution < 1.29 is 9.59 Å². The number of anilines is 4. The Kier molecular flexibility index (Phi) is 4.85. The Balaban J connectivity index is 1.66. The molecule has 0 aliphatic heterocycles. The van der Waals surface area contributed by atoms with Gasteiger partial charge < -0.3 is 22.1 Å². The molecule has 0 aliphatic carbocycles. The summed E-state index contributed by atoms with van der Waals surface area (Å²) in [6, 6.07) is 20.4. The van der Waals surface area contributed by atoms with Gasteiger partial charge in [0.2, 0.25) is 0 Å². The first-order chi connectivity index (χ1) is 12.5. The number of nitrogen functional groups attached to an aromatic ring is 2. The fourth-order valence-corrected chi connectivity index (χ4v) is 2.42. The van der Waals surface area contributed by atoms with Crippen molar-refractivity contribution in [3.8, 4) is 0 Å². The minimum atomic E-state index is -0.292. The highest BCUT2D eigenvalue weighted by molar-refractivity contribution is 6.08. The highest BCUT2D eigenvalue weighted by Crippen LogP contribution is 2.18. The van der Waals surface area contributed by atoms with Crippen LogP contribution in [0.1, 0.15) is 20.7 Å². The van der Waals surface area contributed by atoms with Crippen LogP contribution in [0.5, 0.6) is 0 Å². The number of hydrogen-bond donors (Lipinski definition) is 4. The smallest absolute Gasteiger partial charge is 0.257 e. The summed E-state index contributed by atoms with van der Waals surface area (Å²) in [7, 11) is 0. The quantitative estimate of drug-likeness (QED) is 0.543. The third kappa shape index (κ3) is 3.99. The molecule has 0 radical (unpaired) electrons. The molecule has 0 aromatic heterocycles. The summed E-state index contributed by atoms with van der Waals surface area (Å²) in [4.78, 5) is 24.4. The first-order valence-electron chi connectivity index (χ1n) is 7.96. The number of carbonyl (C=O) groups is 2. The van der Waals surface area contributed by atoms with Crippen molar-refractivity contribution in [3.05, 3.63) is 83.9 Å². The molecule has 0 fully saturated rings. The van der Waals surface area contributed by atoms with Crippen molar-refractivity contribution in [1.29, 1.82) is 0 Å². The van der Waals surface area contributed by atoms with Gasteiger partial charge in [-0.05, 0) is 54.6 Å². The van der Waals surface area contributed by atoms with E-state index < -0.39 is 0 Å². The zero-order valence-electron chi connectivity index (χ0n) is 13.9. The monoisotopic (exact) mass is 346 g/mol. The molecule has 6 N–H and O–H groups in total. The van der Waals surface area contributed by atoms with Crippen molar-refractivity contribution in [2.75, 3.05) is 22.1 Å². The molecule has 0 bridgehead atoms. The van der Waals surface area contributed by atoms with E-state index in [-0.39, 0.29) is 11.8 Å². The minimum Gasteiger partial charge on any atom is -0.399 e. The molecule has 3 aromatic rings. The fourth-order valence-electron chi connectivity index (χ4n) is 2.42. The van der Waals surface area contributed by atoms with E-state index in [1.54, 1.807) is 72.8 Å². The predicted molar refractivity (Wildman–Crippen MR) is 104 cm³/mol. The molecular formula is C20H18N4O2. The summed E-state index contributed by atoms with van der Waals surface area (Å²) in [5, 5.41) is 5.55. The third-order valence-corrected chi connectivity index (χ3v) is 3.75. The lowest BCUT2D eigenvalue weighted by atomic mass is 10.1. The standard InChI is InChI=1S/C20H18N4O2/c21-14-5-3-4-13(12-14)19(25)23-15-8-10-16(11-9-15)24-20(26)17-6-1-2-7-18(17)22/h1-12H,21-22H2,(H,23,25)(H,24,26). The van der Waals surface area contributed by atoms with Crippen molar-refractivity contribution in [2.45, 2.75) is 0 Å². The zero-order chi connectivity index (χ0) is 18.5. The SMILES string of the molecule is Nc1cccc(C(=O)Nc2ccc(NC(=O)c3ccccc3N)cc2)c1. The van der Waals surface area contributed by atoms with Crippen LogP contribution >= 0.6 is 0 Å². The van der Waals surface area contributed by atoms with Gasteiger partial charge in [0.25, 0.3) is 11.8 Å². The fraction of sp³-hybridized carbons (Fsp3) is 0. The molecule has 26 heavy (non-hydrogen) atoms. The van der Waals surface area contributed by atoms with Crippen molar-refractivity contribution in [1.82, 2.24) is 0 Å². The van der Waals surface area contributed by atoms with Gasteiger partial charge in [0.1, 0.15) is 0 Å². The average Bonchev–Trinajstić information content (AvgIpc) is 2.63. The molecule has 0 spiro atoms. The van der Waals surface area contributed by atoms with Crippen LogP contribution < -0.4 is 22.1 Å². The van der Waals surface area contributed by atoms with Gasteiger partial charge in [-0.2, -0.15) is 0 Å². The highest BCUT2D eigenvalue weighted by atomic mass is 16.2. The average molecular weight is 346 g/mol. The van der Waals surface area contributed by atoms with Gasteiger partial charge in [0, 0.05) is 28.3 Å². The van der Waals surface area contributed by atoms with E-state index in [0.29, 0.717) is 33.9 Å². The van der Waals surface area contributed by atoms with Crippen molar-refractivity contribution in [3.63, 3.8) is 0 Å². The van der Waals surface area contributed by atoms with Crippen LogP contribution in [0.15, 0.2) is 72.8 Å². The van der Waals surface area contributed by atoms with E-state index >= 15 is 0 Å². The second kappa shape index (κ2) is 7.40. The van der Waals surface area contributed by atoms with E-state index in [2.05, 4.69) is 10.6 Å². The molecule has 6 nitrogen and oxygen atoms in total. The second-order valence-corrected chi connectivity index (χ2v) is 5.70. The van der Waals surface area contributed by atoms with Crippen molar-refractivity contribution in [2.24, 2.45) is 0 Å². The molecule has 0 aliphatic rings. The van der Waals surface area contributed by atoms with Crippen LogP contribution in [0.2, 0.25) is 0 Å². The van der Waals surface area contributed by atoms with Crippen LogP contribution in [0.3, 0.4) is 0 Å². The van der Waals surface area contributed by atoms with Gasteiger partial charge >= 0.3 is 0 Å². The molecule has 130 valence electrons. The Bertz CT molecular complexity index is 952. The summed E-state index contributed by atoms with van der Waals surface area (Å²) in [6.07, 6.45) is 0. The maximum absolute atomic E-state index is 12.2. The van der Waals surface area contributed by atoms with Crippen LogP contribution in [0.25, 0.3) is 0 Å². The number of rotatable bonds is 4. The molecule has 6 heteroatoms. The van der Waals surface area contributed by atoms with E-state index in [1.165, 1.54) is 0 Å². The molecule has 0 heterocycles. The number of carbonyl (C=O) groups excluding carboxylic acids is 2. The van der Waals surface area contributed by atoms with E-state index in [9.17, 15) is 9.59 Å². The van der Waals surface area contributed by atoms with Gasteiger partial charge in [-0.1, -0.05) is 18.2 Å². The molecule has 0 unspecified atom stereocenters. The van der Waals surface area contributed by atoms with E-state index in [0.717, 1.165) is 0 Å². The Morgan fingerprint density at radius 2 is 1.31 bits per heavy atom. The van der Waals surface area contributed by atoms with E-state index in [1.807, 2.05) is 0 Å². The Hall–Kier alpha value is -3.80. The number of benzene rings is 3. The first-order valence-corrected chi connectivity index (χ1v) is 7.96. The topological polar surface area (TPSA) is 110 Å². The van der Waals surface area contributed by atoms with Crippen LogP contribution in [0, 0.1) is 0 Å². The second-order valence-electron chi connectivity index (χ2n) is 5.70. The lowest BCUT2D eigenvalue weighted by Crippen LogP contribution is -2.14. The van der Waals surface area contributed by atoms with Gasteiger partial charge in [-0.15, -0.1) is 0 Å². The number of para-hydroxylation sites is 1. The number of nitrogens with one attached hydrogen (secondary N) is 2. The number of hydrogen-bond acceptors (Lipinski definition) is 4. The first kappa shape index (κ1) is 17.0. The molecular weight excluding hydrogens is 328 g/mol.